The van der Waals surface area contributed by atoms with Gasteiger partial charge < -0.3 is 9.47 Å². The molecule has 0 fully saturated rings. The van der Waals surface area contributed by atoms with Crippen molar-refractivity contribution in [2.24, 2.45) is 0 Å². The molecular formula is C17H10Cl3N3O5. The first-order chi connectivity index (χ1) is 13.2. The SMILES string of the molecule is COc1cc(C=O)cc([N+](=O)[O-])c1Oc1nc(C(Cl)(Cl)Cl)nc2ccccc12. The summed E-state index contributed by atoms with van der Waals surface area (Å²) in [7, 11) is 1.28. The van der Waals surface area contributed by atoms with Crippen LogP contribution in [-0.2, 0) is 3.79 Å². The third kappa shape index (κ3) is 3.94. The number of hydrogen-bond donors (Lipinski definition) is 0. The zero-order valence-corrected chi connectivity index (χ0v) is 16.3. The number of benzene rings is 2. The van der Waals surface area contributed by atoms with Gasteiger partial charge >= 0.3 is 5.69 Å². The minimum Gasteiger partial charge on any atom is -0.493 e. The number of nitrogens with zero attached hydrogens (tertiary/aromatic N) is 3. The van der Waals surface area contributed by atoms with Gasteiger partial charge in [0.15, 0.2) is 11.6 Å². The van der Waals surface area contributed by atoms with Crippen molar-refractivity contribution in [2.45, 2.75) is 3.79 Å². The summed E-state index contributed by atoms with van der Waals surface area (Å²) in [5.41, 5.74) is -0.0371. The number of nitro benzene ring substituents is 1. The monoisotopic (exact) mass is 441 g/mol. The maximum absolute atomic E-state index is 11.5. The Morgan fingerprint density at radius 2 is 1.89 bits per heavy atom. The van der Waals surface area contributed by atoms with Crippen LogP contribution in [0.1, 0.15) is 16.2 Å². The van der Waals surface area contributed by atoms with Crippen LogP contribution in [0.25, 0.3) is 10.9 Å². The molecule has 0 radical (unpaired) electrons. The van der Waals surface area contributed by atoms with Crippen LogP contribution in [0.15, 0.2) is 36.4 Å². The molecule has 8 nitrogen and oxygen atoms in total. The number of aldehydes is 1. The summed E-state index contributed by atoms with van der Waals surface area (Å²) in [6, 6.07) is 9.06. The first-order valence-electron chi connectivity index (χ1n) is 7.58. The Kier molecular flexibility index (Phi) is 5.55. The van der Waals surface area contributed by atoms with Gasteiger partial charge in [-0.3, -0.25) is 14.9 Å². The Labute approximate surface area is 173 Å². The normalized spacial score (nSPS) is 11.3. The van der Waals surface area contributed by atoms with Gasteiger partial charge in [-0.15, -0.1) is 0 Å². The first-order valence-corrected chi connectivity index (χ1v) is 8.71. The topological polar surface area (TPSA) is 104 Å². The summed E-state index contributed by atoms with van der Waals surface area (Å²) in [4.78, 5) is 30.1. The second kappa shape index (κ2) is 7.75. The quantitative estimate of drug-likeness (QED) is 0.237. The number of alkyl halides is 3. The van der Waals surface area contributed by atoms with Gasteiger partial charge in [0.05, 0.1) is 22.9 Å². The number of fused-ring (bicyclic) bond motifs is 1. The molecule has 0 saturated carbocycles. The lowest BCUT2D eigenvalue weighted by Gasteiger charge is -2.15. The second-order valence-corrected chi connectivity index (χ2v) is 7.70. The molecule has 0 unspecified atom stereocenters. The molecule has 0 atom stereocenters. The molecule has 2 aromatic carbocycles. The maximum Gasteiger partial charge on any atom is 0.316 e. The highest BCUT2D eigenvalue weighted by Crippen LogP contribution is 2.43. The molecule has 0 bridgehead atoms. The molecule has 1 heterocycles. The molecule has 0 aliphatic carbocycles. The molecule has 3 rings (SSSR count). The number of methoxy groups -OCH3 is 1. The minimum atomic E-state index is -1.94. The van der Waals surface area contributed by atoms with E-state index in [2.05, 4.69) is 9.97 Å². The summed E-state index contributed by atoms with van der Waals surface area (Å²) in [6.45, 7) is 0. The Hall–Kier alpha value is -2.68. The Balaban J connectivity index is 2.25. The highest BCUT2D eigenvalue weighted by Gasteiger charge is 2.30. The van der Waals surface area contributed by atoms with Gasteiger partial charge in [-0.1, -0.05) is 46.9 Å². The summed E-state index contributed by atoms with van der Waals surface area (Å²) in [5, 5.41) is 11.9. The van der Waals surface area contributed by atoms with Crippen LogP contribution < -0.4 is 9.47 Å². The number of para-hydroxylation sites is 1. The molecule has 1 aromatic heterocycles. The molecule has 144 valence electrons. The predicted molar refractivity (Wildman–Crippen MR) is 104 cm³/mol. The zero-order valence-electron chi connectivity index (χ0n) is 14.1. The van der Waals surface area contributed by atoms with Crippen LogP contribution in [0.2, 0.25) is 0 Å². The van der Waals surface area contributed by atoms with Crippen LogP contribution >= 0.6 is 34.8 Å². The molecule has 0 amide bonds. The van der Waals surface area contributed by atoms with Crippen LogP contribution in [0.4, 0.5) is 5.69 Å². The lowest BCUT2D eigenvalue weighted by molar-refractivity contribution is -0.385. The van der Waals surface area contributed by atoms with Gasteiger partial charge in [0.25, 0.3) is 0 Å². The van der Waals surface area contributed by atoms with E-state index in [4.69, 9.17) is 44.3 Å². The van der Waals surface area contributed by atoms with Crippen molar-refractivity contribution in [3.05, 3.63) is 57.9 Å². The van der Waals surface area contributed by atoms with Crippen LogP contribution in [0, 0.1) is 10.1 Å². The Morgan fingerprint density at radius 3 is 2.50 bits per heavy atom. The molecule has 0 aliphatic heterocycles. The number of carbonyl (C=O) groups is 1. The third-order valence-electron chi connectivity index (χ3n) is 3.63. The smallest absolute Gasteiger partial charge is 0.316 e. The number of aromatic nitrogens is 2. The maximum atomic E-state index is 11.5. The van der Waals surface area contributed by atoms with Crippen LogP contribution in [-0.4, -0.2) is 28.3 Å². The zero-order chi connectivity index (χ0) is 20.5. The molecule has 0 saturated heterocycles. The average Bonchev–Trinajstić information content (AvgIpc) is 2.66. The fourth-order valence-electron chi connectivity index (χ4n) is 2.41. The van der Waals surface area contributed by atoms with Gasteiger partial charge in [-0.2, -0.15) is 4.98 Å². The summed E-state index contributed by atoms with van der Waals surface area (Å²) >= 11 is 17.7. The number of nitro groups is 1. The minimum absolute atomic E-state index is 0.0329. The predicted octanol–water partition coefficient (Wildman–Crippen LogP) is 4.98. The van der Waals surface area contributed by atoms with Crippen LogP contribution in [0.5, 0.6) is 17.4 Å². The fourth-order valence-corrected chi connectivity index (χ4v) is 2.67. The van der Waals surface area contributed by atoms with Crippen molar-refractivity contribution in [3.8, 4) is 17.4 Å². The number of carbonyl (C=O) groups excluding carboxylic acids is 1. The standard InChI is InChI=1S/C17H10Cl3N3O5/c1-27-13-7-9(8-24)6-12(23(25)26)14(13)28-15-10-4-2-3-5-11(10)21-16(22-15)17(18,19)20/h2-8H,1H3. The van der Waals surface area contributed by atoms with Crippen molar-refractivity contribution >= 4 is 57.7 Å². The van der Waals surface area contributed by atoms with E-state index in [1.54, 1.807) is 24.3 Å². The summed E-state index contributed by atoms with van der Waals surface area (Å²) in [6.07, 6.45) is 0.459. The number of halogens is 3. The van der Waals surface area contributed by atoms with Gasteiger partial charge in [0.1, 0.15) is 6.29 Å². The van der Waals surface area contributed by atoms with E-state index in [1.165, 1.54) is 13.2 Å². The summed E-state index contributed by atoms with van der Waals surface area (Å²) in [5.74, 6) is -0.531. The molecular weight excluding hydrogens is 433 g/mol. The Morgan fingerprint density at radius 1 is 1.18 bits per heavy atom. The van der Waals surface area contributed by atoms with E-state index in [0.29, 0.717) is 17.2 Å². The highest BCUT2D eigenvalue weighted by molar-refractivity contribution is 6.66. The second-order valence-electron chi connectivity index (χ2n) is 5.42. The van der Waals surface area contributed by atoms with Gasteiger partial charge in [-0.05, 0) is 18.2 Å². The molecule has 0 spiro atoms. The molecule has 11 heteroatoms. The van der Waals surface area contributed by atoms with Crippen molar-refractivity contribution in [3.63, 3.8) is 0 Å². The van der Waals surface area contributed by atoms with Crippen molar-refractivity contribution in [1.82, 2.24) is 9.97 Å². The summed E-state index contributed by atoms with van der Waals surface area (Å²) < 4.78 is 8.94. The number of hydrogen-bond acceptors (Lipinski definition) is 7. The van der Waals surface area contributed by atoms with Crippen molar-refractivity contribution in [1.29, 1.82) is 0 Å². The highest BCUT2D eigenvalue weighted by atomic mass is 35.6. The van der Waals surface area contributed by atoms with Gasteiger partial charge in [0, 0.05) is 11.6 Å². The lowest BCUT2D eigenvalue weighted by atomic mass is 10.2. The molecule has 0 aliphatic rings. The van der Waals surface area contributed by atoms with E-state index in [-0.39, 0.29) is 28.8 Å². The fraction of sp³-hybridized carbons (Fsp3) is 0.118. The van der Waals surface area contributed by atoms with Crippen molar-refractivity contribution < 1.29 is 19.2 Å². The van der Waals surface area contributed by atoms with E-state index < -0.39 is 14.4 Å². The lowest BCUT2D eigenvalue weighted by Crippen LogP contribution is -2.09. The van der Waals surface area contributed by atoms with E-state index in [0.717, 1.165) is 6.07 Å². The molecule has 3 aromatic rings. The van der Waals surface area contributed by atoms with Gasteiger partial charge in [-0.25, -0.2) is 4.98 Å². The first kappa shape index (κ1) is 20.1. The largest absolute Gasteiger partial charge is 0.493 e. The van der Waals surface area contributed by atoms with Crippen molar-refractivity contribution in [2.75, 3.05) is 7.11 Å². The van der Waals surface area contributed by atoms with Crippen LogP contribution in [0.3, 0.4) is 0 Å². The molecule has 0 N–H and O–H groups in total. The van der Waals surface area contributed by atoms with E-state index in [1.807, 2.05) is 0 Å². The Bertz CT molecular complexity index is 1090. The number of rotatable bonds is 5. The van der Waals surface area contributed by atoms with E-state index in [9.17, 15) is 14.9 Å². The van der Waals surface area contributed by atoms with Gasteiger partial charge in [0.2, 0.25) is 15.4 Å². The third-order valence-corrected chi connectivity index (χ3v) is 4.14. The average molecular weight is 443 g/mol. The van der Waals surface area contributed by atoms with E-state index >= 15 is 0 Å². The number of ether oxygens (including phenoxy) is 2. The molecule has 28 heavy (non-hydrogen) atoms.